The normalized spacial score (nSPS) is 15.3. The molecule has 2 aromatic carbocycles. The molecule has 30 heavy (non-hydrogen) atoms. The molecule has 4 rings (SSSR count). The predicted octanol–water partition coefficient (Wildman–Crippen LogP) is 5.02. The van der Waals surface area contributed by atoms with Crippen LogP contribution in [0.3, 0.4) is 0 Å². The zero-order chi connectivity index (χ0) is 21.1. The molecule has 0 spiro atoms. The van der Waals surface area contributed by atoms with Gasteiger partial charge in [0.1, 0.15) is 0 Å². The summed E-state index contributed by atoms with van der Waals surface area (Å²) in [5.41, 5.74) is 2.98. The van der Waals surface area contributed by atoms with Gasteiger partial charge in [-0.2, -0.15) is 0 Å². The summed E-state index contributed by atoms with van der Waals surface area (Å²) in [6.07, 6.45) is 3.26. The van der Waals surface area contributed by atoms with Crippen molar-refractivity contribution < 1.29 is 8.42 Å². The molecule has 156 valence electrons. The van der Waals surface area contributed by atoms with Gasteiger partial charge in [-0.3, -0.25) is 9.88 Å². The first-order valence-corrected chi connectivity index (χ1v) is 12.3. The van der Waals surface area contributed by atoms with Gasteiger partial charge in [0.05, 0.1) is 17.5 Å². The molecule has 1 aromatic heterocycles. The number of hydrogen-bond donors (Lipinski definition) is 0. The third-order valence-corrected chi connectivity index (χ3v) is 7.58. The third kappa shape index (κ3) is 5.22. The maximum Gasteiger partial charge on any atom is 0.154 e. The maximum atomic E-state index is 12.6. The molecule has 4 nitrogen and oxygen atoms in total. The molecule has 1 aliphatic rings. The molecule has 0 amide bonds. The van der Waals surface area contributed by atoms with Crippen LogP contribution in [0.1, 0.15) is 22.7 Å². The van der Waals surface area contributed by atoms with Crippen LogP contribution in [0.15, 0.2) is 73.1 Å². The quantitative estimate of drug-likeness (QED) is 0.496. The minimum atomic E-state index is -3.19. The van der Waals surface area contributed by atoms with Crippen molar-refractivity contribution in [3.8, 4) is 0 Å². The van der Waals surface area contributed by atoms with Gasteiger partial charge in [-0.15, -0.1) is 0 Å². The molecule has 3 aromatic rings. The van der Waals surface area contributed by atoms with E-state index in [0.717, 1.165) is 29.8 Å². The fourth-order valence-corrected chi connectivity index (χ4v) is 5.96. The number of hydrogen-bond acceptors (Lipinski definition) is 4. The first-order valence-electron chi connectivity index (χ1n) is 9.74. The first-order chi connectivity index (χ1) is 14.4. The van der Waals surface area contributed by atoms with E-state index in [1.807, 2.05) is 48.5 Å². The average Bonchev–Trinajstić information content (AvgIpc) is 2.69. The predicted molar refractivity (Wildman–Crippen MR) is 122 cm³/mol. The number of benzene rings is 2. The van der Waals surface area contributed by atoms with E-state index in [1.165, 1.54) is 0 Å². The number of pyridine rings is 1. The largest absolute Gasteiger partial charge is 0.292 e. The van der Waals surface area contributed by atoms with Gasteiger partial charge in [-0.25, -0.2) is 8.42 Å². The maximum absolute atomic E-state index is 12.6. The molecule has 1 saturated heterocycles. The van der Waals surface area contributed by atoms with Crippen molar-refractivity contribution in [1.29, 1.82) is 0 Å². The Morgan fingerprint density at radius 1 is 0.933 bits per heavy atom. The van der Waals surface area contributed by atoms with Gasteiger partial charge in [0, 0.05) is 35.5 Å². The second-order valence-electron chi connectivity index (χ2n) is 7.74. The van der Waals surface area contributed by atoms with E-state index in [4.69, 9.17) is 23.2 Å². The molecule has 0 bridgehead atoms. The Bertz CT molecular complexity index is 1040. The fourth-order valence-electron chi connectivity index (χ4n) is 3.99. The Kier molecular flexibility index (Phi) is 6.44. The Labute approximate surface area is 187 Å². The molecule has 1 aliphatic heterocycles. The number of nitrogens with zero attached hydrogens (tertiary/aromatic N) is 2. The summed E-state index contributed by atoms with van der Waals surface area (Å²) in [5.74, 6) is 0.343. The van der Waals surface area contributed by atoms with Gasteiger partial charge in [0.25, 0.3) is 0 Å². The van der Waals surface area contributed by atoms with Crippen LogP contribution < -0.4 is 0 Å². The smallest absolute Gasteiger partial charge is 0.154 e. The van der Waals surface area contributed by atoms with Crippen molar-refractivity contribution in [1.82, 2.24) is 9.88 Å². The summed E-state index contributed by atoms with van der Waals surface area (Å²) in [6, 6.07) is 19.2. The summed E-state index contributed by atoms with van der Waals surface area (Å²) in [7, 11) is -3.19. The van der Waals surface area contributed by atoms with Crippen LogP contribution in [0.2, 0.25) is 10.0 Å². The number of rotatable bonds is 7. The van der Waals surface area contributed by atoms with E-state index in [0.29, 0.717) is 10.0 Å². The average molecular weight is 461 g/mol. The van der Waals surface area contributed by atoms with Crippen LogP contribution in [-0.2, 0) is 15.6 Å². The summed E-state index contributed by atoms with van der Waals surface area (Å²) in [5, 5.41) is 1.38. The van der Waals surface area contributed by atoms with E-state index in [1.54, 1.807) is 24.5 Å². The van der Waals surface area contributed by atoms with Crippen molar-refractivity contribution in [3.63, 3.8) is 0 Å². The molecular weight excluding hydrogens is 439 g/mol. The van der Waals surface area contributed by atoms with E-state index in [2.05, 4.69) is 9.88 Å². The number of halogens is 2. The van der Waals surface area contributed by atoms with Crippen LogP contribution in [0.5, 0.6) is 0 Å². The Morgan fingerprint density at radius 2 is 1.50 bits per heavy atom. The van der Waals surface area contributed by atoms with Crippen LogP contribution in [0.25, 0.3) is 0 Å². The molecule has 0 N–H and O–H groups in total. The van der Waals surface area contributed by atoms with Gasteiger partial charge >= 0.3 is 0 Å². The lowest BCUT2D eigenvalue weighted by molar-refractivity contribution is 0.0812. The number of sulfone groups is 1. The minimum Gasteiger partial charge on any atom is -0.292 e. The standard InChI is InChI=1S/C23H22Cl2N2O2S/c24-21-7-3-19(4-8-21)23(20-5-9-22(25)10-6-20)27-13-18(14-27)16-30(28,29)15-17-2-1-11-26-12-17/h1-12,18,23H,13-16H2. The van der Waals surface area contributed by atoms with Crippen molar-refractivity contribution in [2.24, 2.45) is 5.92 Å². The third-order valence-electron chi connectivity index (χ3n) is 5.32. The summed E-state index contributed by atoms with van der Waals surface area (Å²) in [4.78, 5) is 6.31. The van der Waals surface area contributed by atoms with Gasteiger partial charge in [-0.05, 0) is 52.9 Å². The van der Waals surface area contributed by atoms with Crippen molar-refractivity contribution in [2.45, 2.75) is 11.8 Å². The Hall–Kier alpha value is -1.92. The van der Waals surface area contributed by atoms with Crippen molar-refractivity contribution >= 4 is 33.0 Å². The Balaban J connectivity index is 1.46. The minimum absolute atomic E-state index is 0.0368. The van der Waals surface area contributed by atoms with E-state index in [9.17, 15) is 8.42 Å². The topological polar surface area (TPSA) is 50.3 Å². The molecule has 0 atom stereocenters. The van der Waals surface area contributed by atoms with Gasteiger partial charge in [0.15, 0.2) is 9.84 Å². The highest BCUT2D eigenvalue weighted by atomic mass is 35.5. The van der Waals surface area contributed by atoms with Gasteiger partial charge in [-0.1, -0.05) is 53.5 Å². The summed E-state index contributed by atoms with van der Waals surface area (Å²) < 4.78 is 25.2. The lowest BCUT2D eigenvalue weighted by Gasteiger charge is -2.44. The highest BCUT2D eigenvalue weighted by Crippen LogP contribution is 2.35. The van der Waals surface area contributed by atoms with Crippen LogP contribution in [0.4, 0.5) is 0 Å². The van der Waals surface area contributed by atoms with Gasteiger partial charge in [0.2, 0.25) is 0 Å². The lowest BCUT2D eigenvalue weighted by atomic mass is 9.91. The summed E-state index contributed by atoms with van der Waals surface area (Å²) >= 11 is 12.1. The van der Waals surface area contributed by atoms with Crippen LogP contribution in [0, 0.1) is 5.92 Å². The Morgan fingerprint density at radius 3 is 2.00 bits per heavy atom. The monoisotopic (exact) mass is 460 g/mol. The number of likely N-dealkylation sites (tertiary alicyclic amines) is 1. The molecule has 1 fully saturated rings. The fraction of sp³-hybridized carbons (Fsp3) is 0.261. The van der Waals surface area contributed by atoms with Crippen LogP contribution >= 0.6 is 23.2 Å². The van der Waals surface area contributed by atoms with E-state index >= 15 is 0 Å². The second kappa shape index (κ2) is 9.06. The zero-order valence-electron chi connectivity index (χ0n) is 16.3. The molecule has 0 radical (unpaired) electrons. The van der Waals surface area contributed by atoms with Crippen molar-refractivity contribution in [2.75, 3.05) is 18.8 Å². The van der Waals surface area contributed by atoms with E-state index < -0.39 is 9.84 Å². The van der Waals surface area contributed by atoms with E-state index in [-0.39, 0.29) is 23.5 Å². The second-order valence-corrected chi connectivity index (χ2v) is 10.7. The molecule has 0 saturated carbocycles. The molecule has 0 unspecified atom stereocenters. The highest BCUT2D eigenvalue weighted by Gasteiger charge is 2.36. The van der Waals surface area contributed by atoms with Crippen molar-refractivity contribution in [3.05, 3.63) is 99.8 Å². The molecular formula is C23H22Cl2N2O2S. The van der Waals surface area contributed by atoms with Crippen LogP contribution in [-0.4, -0.2) is 37.1 Å². The zero-order valence-corrected chi connectivity index (χ0v) is 18.6. The first kappa shape index (κ1) is 21.3. The molecule has 7 heteroatoms. The number of aromatic nitrogens is 1. The SMILES string of the molecule is O=S(=O)(Cc1cccnc1)CC1CN(C(c2ccc(Cl)cc2)c2ccc(Cl)cc2)C1. The van der Waals surface area contributed by atoms with Gasteiger partial charge < -0.3 is 0 Å². The molecule has 0 aliphatic carbocycles. The molecule has 2 heterocycles. The lowest BCUT2D eigenvalue weighted by Crippen LogP contribution is -2.51. The summed E-state index contributed by atoms with van der Waals surface area (Å²) in [6.45, 7) is 1.45. The highest BCUT2D eigenvalue weighted by molar-refractivity contribution is 7.90.